The van der Waals surface area contributed by atoms with Gasteiger partial charge in [0.05, 0.1) is 45.1 Å². The monoisotopic (exact) mass is 757 g/mol. The predicted octanol–water partition coefficient (Wildman–Crippen LogP) is 1.68. The number of carbonyl (C=O) groups excluding carboxylic acids is 6. The van der Waals surface area contributed by atoms with Crippen LogP contribution in [0.2, 0.25) is 0 Å². The molecule has 4 aliphatic rings. The van der Waals surface area contributed by atoms with E-state index in [2.05, 4.69) is 26.6 Å². The maximum atomic E-state index is 12.8. The van der Waals surface area contributed by atoms with Crippen molar-refractivity contribution in [3.05, 3.63) is 34.0 Å². The van der Waals surface area contributed by atoms with Gasteiger partial charge in [-0.3, -0.25) is 28.8 Å². The predicted molar refractivity (Wildman–Crippen MR) is 196 cm³/mol. The number of carbonyl (C=O) groups is 6. The number of thiophene rings is 2. The van der Waals surface area contributed by atoms with E-state index in [1.165, 1.54) is 22.7 Å². The Morgan fingerprint density at radius 1 is 0.692 bits per heavy atom. The summed E-state index contributed by atoms with van der Waals surface area (Å²) in [5, 5.41) is 16.2. The molecule has 5 amide bonds. The molecule has 282 valence electrons. The van der Waals surface area contributed by atoms with Gasteiger partial charge < -0.3 is 45.9 Å². The Balaban J connectivity index is 0.786. The molecule has 4 aliphatic heterocycles. The van der Waals surface area contributed by atoms with Crippen LogP contribution in [0.4, 0.5) is 10.0 Å². The van der Waals surface area contributed by atoms with Crippen LogP contribution < -0.4 is 26.6 Å². The molecule has 5 N–H and O–H groups in total. The fraction of sp³-hybridized carbons (Fsp3) is 0.600. The standard InChI is InChI=1S/C35H47N7O8S2/c43-24(15-22-16-25(36-18-22)32(45)39-30-7-5-27(51-30)34(47)41-9-1-2-10-41)20-49-13-14-50-21-29(44)38-23-17-26(37-19-23)33(46)40-31-8-6-28(52-31)35(48)42-11-3-4-12-42/h5-8,22-23,25-26,36-37H,1-4,9-21H2,(H,38,44)(H,39,45)(H,40,46)/t22-,23-,25-,26-/m0/s1. The minimum atomic E-state index is -0.475. The van der Waals surface area contributed by atoms with Gasteiger partial charge in [0.1, 0.15) is 13.2 Å². The number of anilines is 2. The highest BCUT2D eigenvalue weighted by atomic mass is 32.1. The molecular weight excluding hydrogens is 711 g/mol. The van der Waals surface area contributed by atoms with E-state index in [9.17, 15) is 28.8 Å². The van der Waals surface area contributed by atoms with Crippen LogP contribution in [-0.4, -0.2) is 129 Å². The topological polar surface area (TPSA) is 188 Å². The molecule has 0 aliphatic carbocycles. The Hall–Kier alpha value is -3.74. The van der Waals surface area contributed by atoms with Crippen molar-refractivity contribution < 1.29 is 38.2 Å². The molecule has 6 heterocycles. The van der Waals surface area contributed by atoms with Crippen LogP contribution >= 0.6 is 22.7 Å². The Morgan fingerprint density at radius 3 is 1.79 bits per heavy atom. The number of likely N-dealkylation sites (tertiary alicyclic amines) is 2. The van der Waals surface area contributed by atoms with E-state index in [4.69, 9.17) is 9.47 Å². The second-order valence-corrected chi connectivity index (χ2v) is 15.8. The van der Waals surface area contributed by atoms with Crippen molar-refractivity contribution in [2.75, 3.05) is 76.3 Å². The van der Waals surface area contributed by atoms with Gasteiger partial charge in [0.25, 0.3) is 11.8 Å². The molecule has 0 bridgehead atoms. The van der Waals surface area contributed by atoms with Crippen molar-refractivity contribution in [1.29, 1.82) is 0 Å². The Morgan fingerprint density at radius 2 is 1.21 bits per heavy atom. The molecule has 0 unspecified atom stereocenters. The van der Waals surface area contributed by atoms with E-state index in [1.807, 2.05) is 9.80 Å². The third-order valence-electron chi connectivity index (χ3n) is 9.65. The molecule has 0 spiro atoms. The Kier molecular flexibility index (Phi) is 13.4. The first-order valence-electron chi connectivity index (χ1n) is 18.0. The van der Waals surface area contributed by atoms with Crippen molar-refractivity contribution in [3.63, 3.8) is 0 Å². The molecular formula is C35H47N7O8S2. The van der Waals surface area contributed by atoms with Crippen LogP contribution in [0, 0.1) is 5.92 Å². The average Bonchev–Trinajstić information content (AvgIpc) is 3.98. The summed E-state index contributed by atoms with van der Waals surface area (Å²) >= 11 is 2.54. The number of nitrogens with zero attached hydrogens (tertiary/aromatic N) is 2. The van der Waals surface area contributed by atoms with E-state index < -0.39 is 12.1 Å². The van der Waals surface area contributed by atoms with Gasteiger partial charge in [-0.25, -0.2) is 0 Å². The minimum Gasteiger partial charge on any atom is -0.371 e. The van der Waals surface area contributed by atoms with Gasteiger partial charge in [0.15, 0.2) is 5.78 Å². The van der Waals surface area contributed by atoms with E-state index in [-0.39, 0.29) is 80.1 Å². The highest BCUT2D eigenvalue weighted by molar-refractivity contribution is 7.18. The molecule has 15 nitrogen and oxygen atoms in total. The number of hydrogen-bond donors (Lipinski definition) is 5. The molecule has 0 radical (unpaired) electrons. The van der Waals surface area contributed by atoms with Crippen LogP contribution in [0.25, 0.3) is 0 Å². The van der Waals surface area contributed by atoms with E-state index in [0.29, 0.717) is 45.7 Å². The largest absolute Gasteiger partial charge is 0.371 e. The second-order valence-electron chi connectivity index (χ2n) is 13.7. The zero-order valence-corrected chi connectivity index (χ0v) is 30.7. The second kappa shape index (κ2) is 18.3. The van der Waals surface area contributed by atoms with E-state index in [0.717, 1.165) is 51.9 Å². The van der Waals surface area contributed by atoms with Crippen LogP contribution in [-0.2, 0) is 28.7 Å². The van der Waals surface area contributed by atoms with Crippen molar-refractivity contribution in [2.45, 2.75) is 63.1 Å². The van der Waals surface area contributed by atoms with E-state index in [1.54, 1.807) is 24.3 Å². The van der Waals surface area contributed by atoms with Crippen LogP contribution in [0.15, 0.2) is 24.3 Å². The van der Waals surface area contributed by atoms with Crippen LogP contribution in [0.1, 0.15) is 64.3 Å². The highest BCUT2D eigenvalue weighted by Crippen LogP contribution is 2.27. The molecule has 0 saturated carbocycles. The molecule has 52 heavy (non-hydrogen) atoms. The van der Waals surface area contributed by atoms with Gasteiger partial charge >= 0.3 is 0 Å². The molecule has 4 fully saturated rings. The summed E-state index contributed by atoms with van der Waals surface area (Å²) in [6, 6.07) is 5.86. The Bertz CT molecular complexity index is 1490. The number of rotatable bonds is 16. The number of amides is 5. The zero-order chi connectivity index (χ0) is 36.5. The summed E-state index contributed by atoms with van der Waals surface area (Å²) in [5.74, 6) is -0.762. The first-order valence-corrected chi connectivity index (χ1v) is 19.7. The normalized spacial score (nSPS) is 22.8. The third-order valence-corrected chi connectivity index (χ3v) is 11.6. The van der Waals surface area contributed by atoms with E-state index >= 15 is 0 Å². The molecule has 2 aromatic rings. The maximum absolute atomic E-state index is 12.8. The number of nitrogens with one attached hydrogen (secondary N) is 5. The van der Waals surface area contributed by atoms with Gasteiger partial charge in [-0.05, 0) is 75.3 Å². The zero-order valence-electron chi connectivity index (χ0n) is 29.1. The number of Topliss-reactive ketones (excluding diaryl/α,β-unsaturated/α-hetero) is 1. The first kappa shape index (κ1) is 38.0. The van der Waals surface area contributed by atoms with Crippen LogP contribution in [0.3, 0.4) is 0 Å². The summed E-state index contributed by atoms with van der Waals surface area (Å²) < 4.78 is 10.9. The van der Waals surface area contributed by atoms with Gasteiger partial charge in [-0.2, -0.15) is 0 Å². The summed E-state index contributed by atoms with van der Waals surface area (Å²) in [5.41, 5.74) is 0. The SMILES string of the molecule is O=C(COCCOCC(=O)N[C@@H]1CN[C@H](C(=O)Nc2ccc(C(=O)N3CCCC3)s2)C1)C[C@@H]1CN[C@H](C(=O)Nc2ccc(C(=O)N3CCCC3)s2)C1. The molecule has 0 aromatic carbocycles. The van der Waals surface area contributed by atoms with Crippen molar-refractivity contribution in [2.24, 2.45) is 5.92 Å². The van der Waals surface area contributed by atoms with Gasteiger partial charge in [-0.1, -0.05) is 0 Å². The average molecular weight is 758 g/mol. The summed E-state index contributed by atoms with van der Waals surface area (Å²) in [4.78, 5) is 80.5. The lowest BCUT2D eigenvalue weighted by atomic mass is 9.99. The molecule has 6 rings (SSSR count). The quantitative estimate of drug-likeness (QED) is 0.158. The molecule has 2 aromatic heterocycles. The lowest BCUT2D eigenvalue weighted by molar-refractivity contribution is -0.129. The summed E-state index contributed by atoms with van der Waals surface area (Å²) in [7, 11) is 0. The van der Waals surface area contributed by atoms with Crippen molar-refractivity contribution >= 4 is 68.0 Å². The van der Waals surface area contributed by atoms with Crippen molar-refractivity contribution in [1.82, 2.24) is 25.8 Å². The summed E-state index contributed by atoms with van der Waals surface area (Å²) in [6.45, 7) is 4.11. The maximum Gasteiger partial charge on any atom is 0.263 e. The number of hydrogen-bond acceptors (Lipinski definition) is 12. The van der Waals surface area contributed by atoms with Gasteiger partial charge in [0.2, 0.25) is 17.7 Å². The lowest BCUT2D eigenvalue weighted by Crippen LogP contribution is -2.38. The lowest BCUT2D eigenvalue weighted by Gasteiger charge is -2.13. The first-order chi connectivity index (χ1) is 25.2. The molecule has 4 saturated heterocycles. The van der Waals surface area contributed by atoms with Gasteiger partial charge in [0, 0.05) is 45.2 Å². The number of ketones is 1. The van der Waals surface area contributed by atoms with Gasteiger partial charge in [-0.15, -0.1) is 22.7 Å². The summed E-state index contributed by atoms with van der Waals surface area (Å²) in [6.07, 6.45) is 5.32. The Labute approximate surface area is 310 Å². The van der Waals surface area contributed by atoms with Crippen LogP contribution in [0.5, 0.6) is 0 Å². The molecule has 17 heteroatoms. The van der Waals surface area contributed by atoms with Crippen molar-refractivity contribution in [3.8, 4) is 0 Å². The minimum absolute atomic E-state index is 0.000129. The fourth-order valence-corrected chi connectivity index (χ4v) is 8.69. The number of ether oxygens (including phenoxy) is 2. The fourth-order valence-electron chi connectivity index (χ4n) is 6.94. The third kappa shape index (κ3) is 10.4. The highest BCUT2D eigenvalue weighted by Gasteiger charge is 2.32. The smallest absolute Gasteiger partial charge is 0.263 e. The molecule has 4 atom stereocenters.